The van der Waals surface area contributed by atoms with E-state index in [1.165, 1.54) is 42.5 Å². The SMILES string of the molecule is N#CC1(NC(=O)c2cc(NC(=O)C3C(c4ccc(C(F)F)cc4)C3(Cl)Cl)ccc2Cl)CC1. The fraction of sp³-hybridized carbons (Fsp3) is 0.318. The van der Waals surface area contributed by atoms with Crippen LogP contribution in [0.15, 0.2) is 42.5 Å². The van der Waals surface area contributed by atoms with Crippen LogP contribution in [0.4, 0.5) is 14.5 Å². The van der Waals surface area contributed by atoms with Gasteiger partial charge in [-0.05, 0) is 36.6 Å². The second-order valence-corrected chi connectivity index (χ2v) is 9.78. The van der Waals surface area contributed by atoms with Crippen molar-refractivity contribution in [3.05, 3.63) is 64.2 Å². The van der Waals surface area contributed by atoms with Gasteiger partial charge in [-0.25, -0.2) is 8.78 Å². The molecule has 0 bridgehead atoms. The molecule has 0 aromatic heterocycles. The van der Waals surface area contributed by atoms with Crippen molar-refractivity contribution in [1.29, 1.82) is 5.26 Å². The molecule has 4 rings (SSSR count). The van der Waals surface area contributed by atoms with E-state index in [0.717, 1.165) is 0 Å². The number of hydrogen-bond acceptors (Lipinski definition) is 3. The first-order valence-electron chi connectivity index (χ1n) is 9.68. The predicted molar refractivity (Wildman–Crippen MR) is 117 cm³/mol. The third kappa shape index (κ3) is 4.27. The van der Waals surface area contributed by atoms with E-state index in [4.69, 9.17) is 40.1 Å². The summed E-state index contributed by atoms with van der Waals surface area (Å²) in [6, 6.07) is 12.0. The third-order valence-electron chi connectivity index (χ3n) is 5.68. The number of nitrogens with zero attached hydrogens (tertiary/aromatic N) is 1. The van der Waals surface area contributed by atoms with Crippen LogP contribution in [0.1, 0.15) is 46.7 Å². The van der Waals surface area contributed by atoms with Crippen molar-refractivity contribution in [2.45, 2.75) is 35.1 Å². The average Bonchev–Trinajstić information content (AvgIpc) is 3.64. The summed E-state index contributed by atoms with van der Waals surface area (Å²) in [7, 11) is 0. The molecule has 0 spiro atoms. The number of halogens is 5. The third-order valence-corrected chi connectivity index (χ3v) is 6.95. The number of hydrogen-bond donors (Lipinski definition) is 2. The molecule has 2 aromatic carbocycles. The summed E-state index contributed by atoms with van der Waals surface area (Å²) in [6.45, 7) is 0. The van der Waals surface area contributed by atoms with E-state index < -0.39 is 39.9 Å². The van der Waals surface area contributed by atoms with Gasteiger partial charge in [0, 0.05) is 17.2 Å². The Balaban J connectivity index is 1.48. The number of carbonyl (C=O) groups excluding carboxylic acids is 2. The normalized spacial score (nSPS) is 22.0. The van der Waals surface area contributed by atoms with Crippen molar-refractivity contribution in [3.63, 3.8) is 0 Å². The quantitative estimate of drug-likeness (QED) is 0.509. The molecular formula is C22H16Cl3F2N3O2. The molecule has 2 amide bonds. The largest absolute Gasteiger partial charge is 0.334 e. The number of anilines is 1. The highest BCUT2D eigenvalue weighted by Crippen LogP contribution is 2.65. The van der Waals surface area contributed by atoms with Crippen molar-refractivity contribution in [1.82, 2.24) is 5.32 Å². The molecule has 166 valence electrons. The number of nitrogens with one attached hydrogen (secondary N) is 2. The van der Waals surface area contributed by atoms with Gasteiger partial charge in [-0.3, -0.25) is 9.59 Å². The maximum absolute atomic E-state index is 12.8. The maximum Gasteiger partial charge on any atom is 0.263 e. The Hall–Kier alpha value is -2.40. The van der Waals surface area contributed by atoms with Crippen molar-refractivity contribution in [2.24, 2.45) is 5.92 Å². The van der Waals surface area contributed by atoms with Crippen LogP contribution in [0, 0.1) is 17.2 Å². The molecule has 10 heteroatoms. The molecule has 5 nitrogen and oxygen atoms in total. The zero-order valence-electron chi connectivity index (χ0n) is 16.3. The molecule has 2 aromatic rings. The molecule has 2 atom stereocenters. The number of amides is 2. The smallest absolute Gasteiger partial charge is 0.263 e. The number of nitriles is 1. The molecule has 0 radical (unpaired) electrons. The van der Waals surface area contributed by atoms with Crippen molar-refractivity contribution >= 4 is 52.3 Å². The lowest BCUT2D eigenvalue weighted by atomic mass is 10.1. The van der Waals surface area contributed by atoms with E-state index in [1.807, 2.05) is 0 Å². The Kier molecular flexibility index (Phi) is 5.83. The molecule has 2 aliphatic carbocycles. The molecular weight excluding hydrogens is 483 g/mol. The van der Waals surface area contributed by atoms with Gasteiger partial charge in [-0.2, -0.15) is 5.26 Å². The summed E-state index contributed by atoms with van der Waals surface area (Å²) in [5, 5.41) is 14.6. The van der Waals surface area contributed by atoms with E-state index >= 15 is 0 Å². The molecule has 32 heavy (non-hydrogen) atoms. The zero-order chi connectivity index (χ0) is 23.3. The summed E-state index contributed by atoms with van der Waals surface area (Å²) < 4.78 is 24.2. The fourth-order valence-corrected chi connectivity index (χ4v) is 4.62. The summed E-state index contributed by atoms with van der Waals surface area (Å²) in [5.74, 6) is -2.39. The van der Waals surface area contributed by atoms with Crippen LogP contribution in [0.25, 0.3) is 0 Å². The minimum atomic E-state index is -2.60. The average molecular weight is 499 g/mol. The van der Waals surface area contributed by atoms with E-state index in [2.05, 4.69) is 16.7 Å². The van der Waals surface area contributed by atoms with Gasteiger partial charge in [0.2, 0.25) is 5.91 Å². The first-order chi connectivity index (χ1) is 15.1. The van der Waals surface area contributed by atoms with Crippen LogP contribution in [0.5, 0.6) is 0 Å². The van der Waals surface area contributed by atoms with E-state index in [-0.39, 0.29) is 16.1 Å². The number of rotatable bonds is 6. The highest BCUT2D eigenvalue weighted by molar-refractivity contribution is 6.53. The summed E-state index contributed by atoms with van der Waals surface area (Å²) in [6.07, 6.45) is -1.46. The second-order valence-electron chi connectivity index (χ2n) is 7.93. The summed E-state index contributed by atoms with van der Waals surface area (Å²) >= 11 is 18.8. The summed E-state index contributed by atoms with van der Waals surface area (Å²) in [4.78, 5) is 25.3. The number of alkyl halides is 4. The van der Waals surface area contributed by atoms with Crippen LogP contribution in [-0.4, -0.2) is 21.7 Å². The van der Waals surface area contributed by atoms with Crippen LogP contribution in [-0.2, 0) is 4.79 Å². The highest BCUT2D eigenvalue weighted by atomic mass is 35.5. The Morgan fingerprint density at radius 3 is 2.34 bits per heavy atom. The van der Waals surface area contributed by atoms with Crippen LogP contribution in [0.3, 0.4) is 0 Å². The molecule has 2 unspecified atom stereocenters. The van der Waals surface area contributed by atoms with E-state index in [0.29, 0.717) is 24.1 Å². The molecule has 2 saturated carbocycles. The minimum Gasteiger partial charge on any atom is -0.334 e. The Bertz CT molecular complexity index is 1130. The topological polar surface area (TPSA) is 82.0 Å². The van der Waals surface area contributed by atoms with Gasteiger partial charge in [0.05, 0.1) is 22.6 Å². The van der Waals surface area contributed by atoms with Gasteiger partial charge in [-0.1, -0.05) is 35.9 Å². The molecule has 0 heterocycles. The van der Waals surface area contributed by atoms with Gasteiger partial charge >= 0.3 is 0 Å². The monoisotopic (exact) mass is 497 g/mol. The zero-order valence-corrected chi connectivity index (χ0v) is 18.6. The van der Waals surface area contributed by atoms with Gasteiger partial charge in [0.25, 0.3) is 12.3 Å². The lowest BCUT2D eigenvalue weighted by Gasteiger charge is -2.12. The van der Waals surface area contributed by atoms with Crippen molar-refractivity contribution in [2.75, 3.05) is 5.32 Å². The van der Waals surface area contributed by atoms with Crippen LogP contribution in [0.2, 0.25) is 5.02 Å². The van der Waals surface area contributed by atoms with E-state index in [9.17, 15) is 18.4 Å². The number of carbonyl (C=O) groups is 2. The second kappa shape index (κ2) is 8.18. The Labute approximate surface area is 197 Å². The number of benzene rings is 2. The first kappa shape index (κ1) is 22.8. The van der Waals surface area contributed by atoms with Gasteiger partial charge < -0.3 is 10.6 Å². The molecule has 2 aliphatic rings. The van der Waals surface area contributed by atoms with Crippen molar-refractivity contribution in [3.8, 4) is 6.07 Å². The highest BCUT2D eigenvalue weighted by Gasteiger charge is 2.67. The fourth-order valence-electron chi connectivity index (χ4n) is 3.59. The summed E-state index contributed by atoms with van der Waals surface area (Å²) in [5.41, 5.74) is -0.0148. The molecule has 2 fully saturated rings. The van der Waals surface area contributed by atoms with E-state index in [1.54, 1.807) is 0 Å². The predicted octanol–water partition coefficient (Wildman–Crippen LogP) is 5.59. The van der Waals surface area contributed by atoms with Crippen LogP contribution < -0.4 is 10.6 Å². The minimum absolute atomic E-state index is 0.115. The standard InChI is InChI=1S/C22H16Cl3F2N3O2/c23-15-6-5-13(9-14(15)19(31)30-21(10-28)7-8-21)29-20(32)17-16(22(17,24)25)11-1-3-12(4-2-11)18(26)27/h1-6,9,16-18H,7-8H2,(H,29,32)(H,30,31). The van der Waals surface area contributed by atoms with Crippen LogP contribution >= 0.6 is 34.8 Å². The molecule has 2 N–H and O–H groups in total. The van der Waals surface area contributed by atoms with Gasteiger partial charge in [0.1, 0.15) is 9.87 Å². The van der Waals surface area contributed by atoms with Gasteiger partial charge in [0.15, 0.2) is 0 Å². The lowest BCUT2D eigenvalue weighted by Crippen LogP contribution is -2.35. The van der Waals surface area contributed by atoms with Crippen molar-refractivity contribution < 1.29 is 18.4 Å². The first-order valence-corrected chi connectivity index (χ1v) is 10.8. The maximum atomic E-state index is 12.8. The Morgan fingerprint density at radius 2 is 1.78 bits per heavy atom. The Morgan fingerprint density at radius 1 is 1.12 bits per heavy atom. The van der Waals surface area contributed by atoms with Gasteiger partial charge in [-0.15, -0.1) is 23.2 Å². The molecule has 0 aliphatic heterocycles. The molecule has 0 saturated heterocycles. The lowest BCUT2D eigenvalue weighted by molar-refractivity contribution is -0.117.